The lowest BCUT2D eigenvalue weighted by molar-refractivity contribution is -0.182. The highest BCUT2D eigenvalue weighted by molar-refractivity contribution is 5.89. The maximum absolute atomic E-state index is 11.7. The molecule has 0 saturated carbocycles. The maximum atomic E-state index is 11.7. The van der Waals surface area contributed by atoms with Crippen LogP contribution in [0.2, 0.25) is 0 Å². The first kappa shape index (κ1) is 14.6. The first-order valence-corrected chi connectivity index (χ1v) is 5.53. The van der Waals surface area contributed by atoms with Gasteiger partial charge in [0.2, 0.25) is 0 Å². The molecule has 0 spiro atoms. The van der Waals surface area contributed by atoms with Crippen LogP contribution in [0.5, 0.6) is 0 Å². The van der Waals surface area contributed by atoms with Gasteiger partial charge in [0, 0.05) is 21.3 Å². The third kappa shape index (κ3) is 4.10. The zero-order valence-corrected chi connectivity index (χ0v) is 10.8. The van der Waals surface area contributed by atoms with Crippen molar-refractivity contribution in [1.29, 1.82) is 0 Å². The van der Waals surface area contributed by atoms with Gasteiger partial charge in [-0.3, -0.25) is 0 Å². The summed E-state index contributed by atoms with van der Waals surface area (Å²) in [5, 5.41) is 0. The summed E-state index contributed by atoms with van der Waals surface area (Å²) in [6.45, 7) is 0.0660. The normalized spacial score (nSPS) is 12.4. The van der Waals surface area contributed by atoms with Crippen molar-refractivity contribution in [3.8, 4) is 0 Å². The van der Waals surface area contributed by atoms with Crippen molar-refractivity contribution in [1.82, 2.24) is 0 Å². The molecule has 0 heterocycles. The standard InChI is InChI=1S/C13H18O5/c1-15-11(13(16-2)17-3)9-18-12(14)10-7-5-4-6-8-10/h4-8,11,13H,9H2,1-3H3. The summed E-state index contributed by atoms with van der Waals surface area (Å²) < 4.78 is 20.4. The van der Waals surface area contributed by atoms with Gasteiger partial charge in [-0.1, -0.05) is 18.2 Å². The van der Waals surface area contributed by atoms with Crippen molar-refractivity contribution in [3.63, 3.8) is 0 Å². The van der Waals surface area contributed by atoms with E-state index in [-0.39, 0.29) is 6.61 Å². The number of hydrogen-bond acceptors (Lipinski definition) is 5. The summed E-state index contributed by atoms with van der Waals surface area (Å²) in [4.78, 5) is 11.7. The van der Waals surface area contributed by atoms with Crippen LogP contribution >= 0.6 is 0 Å². The highest BCUT2D eigenvalue weighted by Crippen LogP contribution is 2.07. The number of esters is 1. The van der Waals surface area contributed by atoms with Crippen LogP contribution < -0.4 is 0 Å². The van der Waals surface area contributed by atoms with Gasteiger partial charge < -0.3 is 18.9 Å². The molecule has 1 rings (SSSR count). The van der Waals surface area contributed by atoms with Gasteiger partial charge in [-0.25, -0.2) is 4.79 Å². The first-order chi connectivity index (χ1) is 8.72. The highest BCUT2D eigenvalue weighted by Gasteiger charge is 2.22. The molecule has 1 atom stereocenters. The predicted octanol–water partition coefficient (Wildman–Crippen LogP) is 1.48. The molecule has 0 aliphatic heterocycles. The van der Waals surface area contributed by atoms with Gasteiger partial charge in [-0.15, -0.1) is 0 Å². The topological polar surface area (TPSA) is 54.0 Å². The van der Waals surface area contributed by atoms with E-state index in [9.17, 15) is 4.79 Å². The maximum Gasteiger partial charge on any atom is 0.338 e. The van der Waals surface area contributed by atoms with Crippen LogP contribution in [0.1, 0.15) is 10.4 Å². The second-order valence-corrected chi connectivity index (χ2v) is 3.58. The van der Waals surface area contributed by atoms with Crippen molar-refractivity contribution >= 4 is 5.97 Å². The van der Waals surface area contributed by atoms with Crippen molar-refractivity contribution in [3.05, 3.63) is 35.9 Å². The van der Waals surface area contributed by atoms with Crippen LogP contribution in [0, 0.1) is 0 Å². The predicted molar refractivity (Wildman–Crippen MR) is 65.3 cm³/mol. The Morgan fingerprint density at radius 3 is 2.17 bits per heavy atom. The average Bonchev–Trinajstić information content (AvgIpc) is 2.44. The third-order valence-corrected chi connectivity index (χ3v) is 2.46. The van der Waals surface area contributed by atoms with Crippen LogP contribution in [0.4, 0.5) is 0 Å². The summed E-state index contributed by atoms with van der Waals surface area (Å²) in [6, 6.07) is 8.76. The monoisotopic (exact) mass is 254 g/mol. The molecule has 0 fully saturated rings. The van der Waals surface area contributed by atoms with E-state index in [1.807, 2.05) is 6.07 Å². The lowest BCUT2D eigenvalue weighted by Gasteiger charge is -2.22. The van der Waals surface area contributed by atoms with Gasteiger partial charge in [0.1, 0.15) is 12.7 Å². The fraction of sp³-hybridized carbons (Fsp3) is 0.462. The molecule has 5 nitrogen and oxygen atoms in total. The lowest BCUT2D eigenvalue weighted by Crippen LogP contribution is -2.36. The van der Waals surface area contributed by atoms with E-state index in [0.29, 0.717) is 5.56 Å². The fourth-order valence-corrected chi connectivity index (χ4v) is 1.47. The molecule has 0 aromatic heterocycles. The Bertz CT molecular complexity index is 348. The zero-order valence-electron chi connectivity index (χ0n) is 10.8. The van der Waals surface area contributed by atoms with Crippen molar-refractivity contribution in [2.45, 2.75) is 12.4 Å². The number of methoxy groups -OCH3 is 3. The van der Waals surface area contributed by atoms with E-state index < -0.39 is 18.4 Å². The molecule has 18 heavy (non-hydrogen) atoms. The average molecular weight is 254 g/mol. The first-order valence-electron chi connectivity index (χ1n) is 5.53. The van der Waals surface area contributed by atoms with E-state index in [0.717, 1.165) is 0 Å². The van der Waals surface area contributed by atoms with E-state index in [2.05, 4.69) is 0 Å². The Labute approximate surface area is 107 Å². The summed E-state index contributed by atoms with van der Waals surface area (Å²) in [5.41, 5.74) is 0.499. The van der Waals surface area contributed by atoms with E-state index in [1.54, 1.807) is 24.3 Å². The number of ether oxygens (including phenoxy) is 4. The molecule has 100 valence electrons. The van der Waals surface area contributed by atoms with Gasteiger partial charge in [0.15, 0.2) is 6.29 Å². The van der Waals surface area contributed by atoms with E-state index in [1.165, 1.54) is 21.3 Å². The molecule has 1 aromatic rings. The number of carbonyl (C=O) groups is 1. The molecular formula is C13H18O5. The van der Waals surface area contributed by atoms with Gasteiger partial charge in [0.25, 0.3) is 0 Å². The van der Waals surface area contributed by atoms with Gasteiger partial charge >= 0.3 is 5.97 Å². The minimum Gasteiger partial charge on any atom is -0.459 e. The lowest BCUT2D eigenvalue weighted by atomic mass is 10.2. The molecule has 0 radical (unpaired) electrons. The molecule has 0 N–H and O–H groups in total. The van der Waals surface area contributed by atoms with Crippen LogP contribution in [0.25, 0.3) is 0 Å². The van der Waals surface area contributed by atoms with Gasteiger partial charge in [0.05, 0.1) is 5.56 Å². The number of benzene rings is 1. The largest absolute Gasteiger partial charge is 0.459 e. The Morgan fingerprint density at radius 2 is 1.67 bits per heavy atom. The minimum absolute atomic E-state index is 0.0660. The van der Waals surface area contributed by atoms with Crippen molar-refractivity contribution in [2.24, 2.45) is 0 Å². The second-order valence-electron chi connectivity index (χ2n) is 3.58. The summed E-state index contributed by atoms with van der Waals surface area (Å²) in [6.07, 6.45) is -1.04. The smallest absolute Gasteiger partial charge is 0.338 e. The molecular weight excluding hydrogens is 236 g/mol. The summed E-state index contributed by atoms with van der Waals surface area (Å²) >= 11 is 0. The van der Waals surface area contributed by atoms with Gasteiger partial charge in [-0.05, 0) is 12.1 Å². The molecule has 0 aliphatic rings. The Balaban J connectivity index is 2.50. The molecule has 5 heteroatoms. The summed E-state index contributed by atoms with van der Waals surface area (Å²) in [5.74, 6) is -0.399. The second kappa shape index (κ2) is 7.81. The SMILES string of the molecule is COC(COC(=O)c1ccccc1)C(OC)OC. The quantitative estimate of drug-likeness (QED) is 0.545. The summed E-state index contributed by atoms with van der Waals surface area (Å²) in [7, 11) is 4.50. The van der Waals surface area contributed by atoms with Crippen LogP contribution in [-0.4, -0.2) is 46.3 Å². The molecule has 0 bridgehead atoms. The zero-order chi connectivity index (χ0) is 13.4. The number of hydrogen-bond donors (Lipinski definition) is 0. The Hall–Kier alpha value is -1.43. The molecule has 1 unspecified atom stereocenters. The van der Waals surface area contributed by atoms with Crippen LogP contribution in [0.15, 0.2) is 30.3 Å². The number of carbonyl (C=O) groups excluding carboxylic acids is 1. The van der Waals surface area contributed by atoms with Crippen molar-refractivity contribution < 1.29 is 23.7 Å². The Kier molecular flexibility index (Phi) is 6.35. The van der Waals surface area contributed by atoms with E-state index in [4.69, 9.17) is 18.9 Å². The minimum atomic E-state index is -0.571. The van der Waals surface area contributed by atoms with Gasteiger partial charge in [-0.2, -0.15) is 0 Å². The molecule has 0 amide bonds. The van der Waals surface area contributed by atoms with E-state index >= 15 is 0 Å². The third-order valence-electron chi connectivity index (χ3n) is 2.46. The Morgan fingerprint density at radius 1 is 1.06 bits per heavy atom. The molecule has 1 aromatic carbocycles. The fourth-order valence-electron chi connectivity index (χ4n) is 1.47. The van der Waals surface area contributed by atoms with Crippen LogP contribution in [0.3, 0.4) is 0 Å². The van der Waals surface area contributed by atoms with Crippen LogP contribution in [-0.2, 0) is 18.9 Å². The highest BCUT2D eigenvalue weighted by atomic mass is 16.7. The molecule has 0 aliphatic carbocycles. The molecule has 0 saturated heterocycles. The van der Waals surface area contributed by atoms with Crippen molar-refractivity contribution in [2.75, 3.05) is 27.9 Å². The number of rotatable bonds is 7.